The van der Waals surface area contributed by atoms with Gasteiger partial charge in [-0.25, -0.2) is 0 Å². The molecule has 0 saturated carbocycles. The van der Waals surface area contributed by atoms with Crippen LogP contribution in [0, 0.1) is 0 Å². The van der Waals surface area contributed by atoms with Crippen molar-refractivity contribution in [2.75, 3.05) is 27.3 Å². The van der Waals surface area contributed by atoms with Gasteiger partial charge in [0.25, 0.3) is 0 Å². The van der Waals surface area contributed by atoms with E-state index >= 15 is 0 Å². The molecule has 1 amide bonds. The molecule has 1 rings (SSSR count). The first-order valence-electron chi connectivity index (χ1n) is 7.14. The number of carbonyl (C=O) groups is 1. The summed E-state index contributed by atoms with van der Waals surface area (Å²) in [6.45, 7) is 5.78. The second-order valence-corrected chi connectivity index (χ2v) is 4.74. The van der Waals surface area contributed by atoms with Crippen LogP contribution in [0.3, 0.4) is 0 Å². The first-order valence-corrected chi connectivity index (χ1v) is 7.14. The summed E-state index contributed by atoms with van der Waals surface area (Å²) >= 11 is 0. The van der Waals surface area contributed by atoms with E-state index in [0.29, 0.717) is 6.42 Å². The van der Waals surface area contributed by atoms with Gasteiger partial charge in [0.1, 0.15) is 11.5 Å². The summed E-state index contributed by atoms with van der Waals surface area (Å²) in [5.74, 6) is 1.61. The topological polar surface area (TPSA) is 38.8 Å². The maximum atomic E-state index is 12.4. The lowest BCUT2D eigenvalue weighted by Crippen LogP contribution is -2.33. The zero-order chi connectivity index (χ0) is 15.0. The number of carbonyl (C=O) groups excluding carboxylic acids is 1. The molecule has 112 valence electrons. The summed E-state index contributed by atoms with van der Waals surface area (Å²) in [6, 6.07) is 5.54. The maximum absolute atomic E-state index is 12.4. The first kappa shape index (κ1) is 16.3. The molecule has 0 aromatic heterocycles. The summed E-state index contributed by atoms with van der Waals surface area (Å²) in [5, 5.41) is 0. The average molecular weight is 279 g/mol. The lowest BCUT2D eigenvalue weighted by molar-refractivity contribution is -0.130. The van der Waals surface area contributed by atoms with Gasteiger partial charge in [0.2, 0.25) is 5.91 Å². The van der Waals surface area contributed by atoms with Crippen LogP contribution in [0.1, 0.15) is 32.3 Å². The van der Waals surface area contributed by atoms with Crippen LogP contribution in [0.15, 0.2) is 18.2 Å². The Morgan fingerprint density at radius 1 is 1.10 bits per heavy atom. The van der Waals surface area contributed by atoms with Gasteiger partial charge in [-0.3, -0.25) is 4.79 Å². The minimum atomic E-state index is 0.139. The SMILES string of the molecule is CCCN(CCC)C(=O)Cc1cc(OC)ccc1OC. The van der Waals surface area contributed by atoms with Crippen LogP contribution in [0.25, 0.3) is 0 Å². The fourth-order valence-electron chi connectivity index (χ4n) is 2.20. The molecule has 0 N–H and O–H groups in total. The quantitative estimate of drug-likeness (QED) is 0.734. The highest BCUT2D eigenvalue weighted by Crippen LogP contribution is 2.24. The van der Waals surface area contributed by atoms with E-state index in [0.717, 1.165) is 43.0 Å². The Labute approximate surface area is 121 Å². The van der Waals surface area contributed by atoms with Crippen LogP contribution in [-0.2, 0) is 11.2 Å². The van der Waals surface area contributed by atoms with Crippen LogP contribution in [-0.4, -0.2) is 38.1 Å². The van der Waals surface area contributed by atoms with Crippen molar-refractivity contribution in [1.29, 1.82) is 0 Å². The number of hydrogen-bond acceptors (Lipinski definition) is 3. The minimum Gasteiger partial charge on any atom is -0.497 e. The Morgan fingerprint density at radius 2 is 1.75 bits per heavy atom. The van der Waals surface area contributed by atoms with Crippen molar-refractivity contribution in [1.82, 2.24) is 4.90 Å². The molecular formula is C16H25NO3. The minimum absolute atomic E-state index is 0.139. The molecule has 4 nitrogen and oxygen atoms in total. The Bertz CT molecular complexity index is 426. The number of nitrogens with zero attached hydrogens (tertiary/aromatic N) is 1. The third-order valence-electron chi connectivity index (χ3n) is 3.17. The van der Waals surface area contributed by atoms with Crippen molar-refractivity contribution in [2.24, 2.45) is 0 Å². The lowest BCUT2D eigenvalue weighted by Gasteiger charge is -2.22. The average Bonchev–Trinajstić information content (AvgIpc) is 2.46. The predicted octanol–water partition coefficient (Wildman–Crippen LogP) is 2.89. The van der Waals surface area contributed by atoms with Crippen molar-refractivity contribution < 1.29 is 14.3 Å². The van der Waals surface area contributed by atoms with Gasteiger partial charge in [-0.15, -0.1) is 0 Å². The molecular weight excluding hydrogens is 254 g/mol. The lowest BCUT2D eigenvalue weighted by atomic mass is 10.1. The van der Waals surface area contributed by atoms with E-state index in [4.69, 9.17) is 9.47 Å². The number of benzene rings is 1. The van der Waals surface area contributed by atoms with E-state index in [9.17, 15) is 4.79 Å². The molecule has 0 saturated heterocycles. The van der Waals surface area contributed by atoms with Crippen LogP contribution in [0.2, 0.25) is 0 Å². The molecule has 0 aliphatic rings. The van der Waals surface area contributed by atoms with E-state index in [1.807, 2.05) is 23.1 Å². The van der Waals surface area contributed by atoms with Crippen molar-refractivity contribution in [3.05, 3.63) is 23.8 Å². The molecule has 20 heavy (non-hydrogen) atoms. The third-order valence-corrected chi connectivity index (χ3v) is 3.17. The molecule has 4 heteroatoms. The number of methoxy groups -OCH3 is 2. The van der Waals surface area contributed by atoms with Gasteiger partial charge in [0.05, 0.1) is 20.6 Å². The van der Waals surface area contributed by atoms with Crippen LogP contribution >= 0.6 is 0 Å². The fourth-order valence-corrected chi connectivity index (χ4v) is 2.20. The van der Waals surface area contributed by atoms with Gasteiger partial charge in [0, 0.05) is 18.7 Å². The second kappa shape index (κ2) is 8.46. The van der Waals surface area contributed by atoms with Crippen molar-refractivity contribution >= 4 is 5.91 Å². The zero-order valence-electron chi connectivity index (χ0n) is 12.9. The monoisotopic (exact) mass is 279 g/mol. The number of hydrogen-bond donors (Lipinski definition) is 0. The summed E-state index contributed by atoms with van der Waals surface area (Å²) in [4.78, 5) is 14.3. The number of rotatable bonds is 8. The molecule has 0 unspecified atom stereocenters. The third kappa shape index (κ3) is 4.44. The van der Waals surface area contributed by atoms with E-state index < -0.39 is 0 Å². The van der Waals surface area contributed by atoms with Crippen molar-refractivity contribution in [3.8, 4) is 11.5 Å². The molecule has 0 fully saturated rings. The number of ether oxygens (including phenoxy) is 2. The Hall–Kier alpha value is -1.71. The Kier molecular flexibility index (Phi) is 6.91. The first-order chi connectivity index (χ1) is 9.65. The van der Waals surface area contributed by atoms with E-state index in [-0.39, 0.29) is 5.91 Å². The molecule has 0 aliphatic heterocycles. The zero-order valence-corrected chi connectivity index (χ0v) is 12.9. The van der Waals surface area contributed by atoms with E-state index in [1.165, 1.54) is 0 Å². The summed E-state index contributed by atoms with van der Waals surface area (Å²) < 4.78 is 10.5. The predicted molar refractivity (Wildman–Crippen MR) is 80.4 cm³/mol. The molecule has 0 radical (unpaired) electrons. The molecule has 0 bridgehead atoms. The largest absolute Gasteiger partial charge is 0.497 e. The van der Waals surface area contributed by atoms with Crippen LogP contribution in [0.5, 0.6) is 11.5 Å². The fraction of sp³-hybridized carbons (Fsp3) is 0.562. The van der Waals surface area contributed by atoms with E-state index in [2.05, 4.69) is 13.8 Å². The molecule has 0 heterocycles. The van der Waals surface area contributed by atoms with Crippen LogP contribution in [0.4, 0.5) is 0 Å². The highest BCUT2D eigenvalue weighted by molar-refractivity contribution is 5.79. The summed E-state index contributed by atoms with van der Waals surface area (Å²) in [7, 11) is 3.24. The Balaban J connectivity index is 2.86. The van der Waals surface area contributed by atoms with E-state index in [1.54, 1.807) is 14.2 Å². The molecule has 0 spiro atoms. The molecule has 0 aliphatic carbocycles. The Morgan fingerprint density at radius 3 is 2.25 bits per heavy atom. The van der Waals surface area contributed by atoms with Crippen molar-refractivity contribution in [3.63, 3.8) is 0 Å². The second-order valence-electron chi connectivity index (χ2n) is 4.74. The van der Waals surface area contributed by atoms with Gasteiger partial charge in [0.15, 0.2) is 0 Å². The normalized spacial score (nSPS) is 10.2. The van der Waals surface area contributed by atoms with Gasteiger partial charge in [-0.2, -0.15) is 0 Å². The van der Waals surface area contributed by atoms with Gasteiger partial charge >= 0.3 is 0 Å². The maximum Gasteiger partial charge on any atom is 0.227 e. The van der Waals surface area contributed by atoms with Crippen molar-refractivity contribution in [2.45, 2.75) is 33.1 Å². The molecule has 1 aromatic rings. The molecule has 1 aromatic carbocycles. The standard InChI is InChI=1S/C16H25NO3/c1-5-9-17(10-6-2)16(18)12-13-11-14(19-3)7-8-15(13)20-4/h7-8,11H,5-6,9-10,12H2,1-4H3. The summed E-state index contributed by atoms with van der Waals surface area (Å²) in [6.07, 6.45) is 2.29. The summed E-state index contributed by atoms with van der Waals surface area (Å²) in [5.41, 5.74) is 0.869. The van der Waals surface area contributed by atoms with Gasteiger partial charge < -0.3 is 14.4 Å². The van der Waals surface area contributed by atoms with Crippen LogP contribution < -0.4 is 9.47 Å². The molecule has 0 atom stereocenters. The van der Waals surface area contributed by atoms with Gasteiger partial charge in [-0.05, 0) is 31.0 Å². The highest BCUT2D eigenvalue weighted by atomic mass is 16.5. The smallest absolute Gasteiger partial charge is 0.227 e. The number of amides is 1. The highest BCUT2D eigenvalue weighted by Gasteiger charge is 2.15. The van der Waals surface area contributed by atoms with Gasteiger partial charge in [-0.1, -0.05) is 13.8 Å².